The third kappa shape index (κ3) is 3.99. The number of hydrogen-bond donors (Lipinski definition) is 3. The second kappa shape index (κ2) is 7.60. The highest BCUT2D eigenvalue weighted by Gasteiger charge is 2.23. The number of hydroxylamine groups is 1. The van der Waals surface area contributed by atoms with Crippen molar-refractivity contribution in [1.82, 2.24) is 10.3 Å². The minimum atomic E-state index is -3.85. The van der Waals surface area contributed by atoms with Crippen LogP contribution in [0.1, 0.15) is 0 Å². The van der Waals surface area contributed by atoms with Gasteiger partial charge < -0.3 is 9.73 Å². The van der Waals surface area contributed by atoms with Crippen molar-refractivity contribution >= 4 is 33.7 Å². The number of sulfonamides is 1. The van der Waals surface area contributed by atoms with Gasteiger partial charge in [-0.25, -0.2) is 18.4 Å². The number of nitrogens with zero attached hydrogens (tertiary/aromatic N) is 2. The zero-order chi connectivity index (χ0) is 20.5. The van der Waals surface area contributed by atoms with E-state index in [0.29, 0.717) is 16.1 Å². The van der Waals surface area contributed by atoms with Gasteiger partial charge in [0.05, 0.1) is 4.90 Å². The Morgan fingerprint density at radius 3 is 2.25 bits per heavy atom. The van der Waals surface area contributed by atoms with Crippen LogP contribution in [0.4, 0.5) is 10.8 Å². The number of hydrogen-bond acceptors (Lipinski definition) is 6. The highest BCUT2D eigenvalue weighted by atomic mass is 35.5. The fourth-order valence-corrected chi connectivity index (χ4v) is 3.03. The highest BCUT2D eigenvalue weighted by molar-refractivity contribution is 7.89. The first kappa shape index (κ1) is 19.8. The summed E-state index contributed by atoms with van der Waals surface area (Å²) in [5, 5.41) is 18.1. The maximum atomic E-state index is 11.7. The molecule has 3 aromatic rings. The van der Waals surface area contributed by atoms with Gasteiger partial charge >= 0.3 is 12.0 Å². The predicted octanol–water partition coefficient (Wildman–Crippen LogP) is 2.84. The SMILES string of the molecule is CNC(=O)N(O)c1nc(-c2ccc(S(N)(=O)=O)cc2)c(-c2ccc(Cl)cc2)o1. The number of primary sulfonamides is 1. The van der Waals surface area contributed by atoms with E-state index in [1.54, 1.807) is 24.3 Å². The van der Waals surface area contributed by atoms with Crippen molar-refractivity contribution in [3.8, 4) is 22.6 Å². The molecule has 1 aromatic heterocycles. The third-order valence-electron chi connectivity index (χ3n) is 3.77. The summed E-state index contributed by atoms with van der Waals surface area (Å²) >= 11 is 5.92. The zero-order valence-corrected chi connectivity index (χ0v) is 16.0. The summed E-state index contributed by atoms with van der Waals surface area (Å²) in [5.74, 6) is 0.248. The Balaban J connectivity index is 2.14. The van der Waals surface area contributed by atoms with E-state index >= 15 is 0 Å². The van der Waals surface area contributed by atoms with Crippen molar-refractivity contribution in [2.24, 2.45) is 5.14 Å². The number of carbonyl (C=O) groups excluding carboxylic acids is 1. The van der Waals surface area contributed by atoms with Gasteiger partial charge in [-0.05, 0) is 36.4 Å². The molecule has 1 heterocycles. The Morgan fingerprint density at radius 1 is 1.14 bits per heavy atom. The van der Waals surface area contributed by atoms with Crippen LogP contribution in [-0.2, 0) is 10.0 Å². The Morgan fingerprint density at radius 2 is 1.71 bits per heavy atom. The Kier molecular flexibility index (Phi) is 5.38. The number of carbonyl (C=O) groups is 1. The smallest absolute Gasteiger partial charge is 0.349 e. The van der Waals surface area contributed by atoms with Gasteiger partial charge in [0.1, 0.15) is 5.69 Å². The van der Waals surface area contributed by atoms with Crippen LogP contribution in [-0.4, -0.2) is 31.7 Å². The molecule has 0 radical (unpaired) electrons. The van der Waals surface area contributed by atoms with Crippen LogP contribution >= 0.6 is 11.6 Å². The normalized spacial score (nSPS) is 11.3. The molecule has 0 spiro atoms. The first-order chi connectivity index (χ1) is 13.2. The standard InChI is InChI=1S/C17H15ClN4O5S/c1-20-16(23)22(24)17-21-14(10-4-8-13(9-5-10)28(19,25)26)15(27-17)11-2-6-12(18)7-3-11/h2-9,24H,1H3,(H,20,23)(H2,19,25,26). The summed E-state index contributed by atoms with van der Waals surface area (Å²) in [6.07, 6.45) is 0. The number of amides is 2. The number of halogens is 1. The monoisotopic (exact) mass is 422 g/mol. The molecule has 146 valence electrons. The number of rotatable bonds is 4. The van der Waals surface area contributed by atoms with Gasteiger partial charge in [0, 0.05) is 23.2 Å². The van der Waals surface area contributed by atoms with E-state index in [2.05, 4.69) is 10.3 Å². The van der Waals surface area contributed by atoms with Crippen LogP contribution in [0.3, 0.4) is 0 Å². The third-order valence-corrected chi connectivity index (χ3v) is 4.95. The predicted molar refractivity (Wildman–Crippen MR) is 102 cm³/mol. The fraction of sp³-hybridized carbons (Fsp3) is 0.0588. The molecule has 2 aromatic carbocycles. The van der Waals surface area contributed by atoms with Crippen molar-refractivity contribution in [3.63, 3.8) is 0 Å². The Bertz CT molecular complexity index is 1110. The van der Waals surface area contributed by atoms with E-state index in [-0.39, 0.29) is 27.4 Å². The summed E-state index contributed by atoms with van der Waals surface area (Å²) < 4.78 is 28.5. The maximum absolute atomic E-state index is 11.7. The molecule has 9 nitrogen and oxygen atoms in total. The molecule has 0 aliphatic heterocycles. The lowest BCUT2D eigenvalue weighted by molar-refractivity contribution is 0.197. The van der Waals surface area contributed by atoms with Crippen LogP contribution in [0.2, 0.25) is 5.02 Å². The summed E-state index contributed by atoms with van der Waals surface area (Å²) in [5.41, 5.74) is 1.35. The van der Waals surface area contributed by atoms with Gasteiger partial charge in [0.25, 0.3) is 0 Å². The minimum Gasteiger partial charge on any atom is -0.421 e. The van der Waals surface area contributed by atoms with E-state index in [1.165, 1.54) is 31.3 Å². The van der Waals surface area contributed by atoms with Crippen molar-refractivity contribution in [2.75, 3.05) is 12.1 Å². The van der Waals surface area contributed by atoms with Crippen LogP contribution < -0.4 is 15.5 Å². The molecule has 3 rings (SSSR count). The van der Waals surface area contributed by atoms with Gasteiger partial charge in [0.2, 0.25) is 10.0 Å². The fourth-order valence-electron chi connectivity index (χ4n) is 2.39. The quantitative estimate of drug-likeness (QED) is 0.436. The lowest BCUT2D eigenvalue weighted by Gasteiger charge is -2.08. The zero-order valence-electron chi connectivity index (χ0n) is 14.5. The molecule has 0 saturated heterocycles. The molecule has 0 unspecified atom stereocenters. The molecule has 0 fully saturated rings. The summed E-state index contributed by atoms with van der Waals surface area (Å²) in [6.45, 7) is 0. The molecule has 28 heavy (non-hydrogen) atoms. The molecule has 0 atom stereocenters. The van der Waals surface area contributed by atoms with Crippen LogP contribution in [0.25, 0.3) is 22.6 Å². The first-order valence-corrected chi connectivity index (χ1v) is 9.74. The van der Waals surface area contributed by atoms with E-state index in [1.807, 2.05) is 0 Å². The van der Waals surface area contributed by atoms with Crippen molar-refractivity contribution in [2.45, 2.75) is 4.90 Å². The van der Waals surface area contributed by atoms with E-state index < -0.39 is 16.1 Å². The van der Waals surface area contributed by atoms with Gasteiger partial charge in [-0.15, -0.1) is 5.06 Å². The number of benzene rings is 2. The van der Waals surface area contributed by atoms with Crippen LogP contribution in [0.5, 0.6) is 0 Å². The summed E-state index contributed by atoms with van der Waals surface area (Å²) in [7, 11) is -2.52. The number of anilines is 1. The molecular weight excluding hydrogens is 408 g/mol. The van der Waals surface area contributed by atoms with E-state index in [9.17, 15) is 18.4 Å². The number of nitrogens with two attached hydrogens (primary N) is 1. The van der Waals surface area contributed by atoms with E-state index in [0.717, 1.165) is 0 Å². The lowest BCUT2D eigenvalue weighted by atomic mass is 10.1. The van der Waals surface area contributed by atoms with Crippen molar-refractivity contribution in [3.05, 3.63) is 53.6 Å². The van der Waals surface area contributed by atoms with Crippen molar-refractivity contribution in [1.29, 1.82) is 0 Å². The lowest BCUT2D eigenvalue weighted by Crippen LogP contribution is -2.35. The number of oxazole rings is 1. The molecule has 11 heteroatoms. The largest absolute Gasteiger partial charge is 0.421 e. The minimum absolute atomic E-state index is 0.0674. The van der Waals surface area contributed by atoms with Gasteiger partial charge in [-0.2, -0.15) is 4.98 Å². The Hall–Kier alpha value is -2.92. The highest BCUT2D eigenvalue weighted by Crippen LogP contribution is 2.36. The molecule has 0 aliphatic carbocycles. The maximum Gasteiger partial charge on any atom is 0.349 e. The second-order valence-electron chi connectivity index (χ2n) is 5.62. The molecule has 4 N–H and O–H groups in total. The van der Waals surface area contributed by atoms with Crippen molar-refractivity contribution < 1.29 is 22.8 Å². The topological polar surface area (TPSA) is 139 Å². The van der Waals surface area contributed by atoms with Gasteiger partial charge in [0.15, 0.2) is 5.76 Å². The average molecular weight is 423 g/mol. The van der Waals surface area contributed by atoms with Gasteiger partial charge in [-0.3, -0.25) is 5.21 Å². The number of urea groups is 1. The number of aromatic nitrogens is 1. The second-order valence-corrected chi connectivity index (χ2v) is 7.62. The first-order valence-electron chi connectivity index (χ1n) is 7.81. The average Bonchev–Trinajstić information content (AvgIpc) is 3.12. The molecular formula is C17H15ClN4O5S. The summed E-state index contributed by atoms with van der Waals surface area (Å²) in [4.78, 5) is 15.8. The summed E-state index contributed by atoms with van der Waals surface area (Å²) in [6, 6.07) is 11.0. The number of nitrogens with one attached hydrogen (secondary N) is 1. The molecule has 0 aliphatic rings. The molecule has 2 amide bonds. The van der Waals surface area contributed by atoms with Crippen LogP contribution in [0.15, 0.2) is 57.8 Å². The van der Waals surface area contributed by atoms with Gasteiger partial charge in [-0.1, -0.05) is 23.7 Å². The molecule has 0 bridgehead atoms. The van der Waals surface area contributed by atoms with Crippen LogP contribution in [0, 0.1) is 0 Å². The Labute approximate surface area is 165 Å². The molecule has 0 saturated carbocycles. The van der Waals surface area contributed by atoms with E-state index in [4.69, 9.17) is 21.2 Å².